The fourth-order valence-corrected chi connectivity index (χ4v) is 11.3. The molecule has 65 heavy (non-hydrogen) atoms. The number of carboxylic acid groups (broad SMARTS) is 1. The maximum Gasteiger partial charge on any atom is 0.307 e. The van der Waals surface area contributed by atoms with Crippen LogP contribution in [0.4, 0.5) is 0 Å². The third-order valence-electron chi connectivity index (χ3n) is 15.6. The fourth-order valence-electron chi connectivity index (χ4n) is 11.3. The first kappa shape index (κ1) is 49.7. The highest BCUT2D eigenvalue weighted by Gasteiger charge is 2.36. The van der Waals surface area contributed by atoms with Gasteiger partial charge in [-0.25, -0.2) is 0 Å². The van der Waals surface area contributed by atoms with Crippen LogP contribution in [0.15, 0.2) is 83.5 Å². The molecule has 2 N–H and O–H groups in total. The number of carbonyl (C=O) groups excluding carboxylic acids is 1. The Bertz CT molecular complexity index is 2060. The molecule has 0 saturated heterocycles. The molecule has 7 heteroatoms. The highest BCUT2D eigenvalue weighted by Crippen LogP contribution is 2.50. The molecule has 0 aliphatic heterocycles. The average molecular weight is 885 g/mol. The van der Waals surface area contributed by atoms with Crippen molar-refractivity contribution in [2.45, 2.75) is 173 Å². The predicted molar refractivity (Wildman–Crippen MR) is 261 cm³/mol. The second-order valence-electron chi connectivity index (χ2n) is 20.0. The molecule has 3 saturated carbocycles. The Labute approximate surface area is 390 Å². The van der Waals surface area contributed by atoms with Gasteiger partial charge in [-0.1, -0.05) is 92.9 Å². The molecular weight excluding hydrogens is 809 g/mol. The third kappa shape index (κ3) is 14.9. The lowest BCUT2D eigenvalue weighted by Crippen LogP contribution is -2.20. The first-order valence-corrected chi connectivity index (χ1v) is 24.8. The number of hydrogen-bond acceptors (Lipinski definition) is 6. The molecule has 2 aromatic rings. The van der Waals surface area contributed by atoms with Gasteiger partial charge in [-0.3, -0.25) is 9.59 Å². The Morgan fingerprint density at radius 2 is 0.938 bits per heavy atom. The molecule has 0 aromatic heterocycles. The molecule has 6 aliphatic rings. The van der Waals surface area contributed by atoms with E-state index in [1.807, 2.05) is 48.5 Å². The number of carboxylic acids is 1. The Kier molecular flexibility index (Phi) is 18.9. The molecule has 6 aliphatic carbocycles. The van der Waals surface area contributed by atoms with Crippen molar-refractivity contribution in [2.24, 2.45) is 16.2 Å². The molecule has 3 fully saturated rings. The molecule has 0 unspecified atom stereocenters. The van der Waals surface area contributed by atoms with Crippen molar-refractivity contribution in [1.82, 2.24) is 0 Å². The summed E-state index contributed by atoms with van der Waals surface area (Å²) in [5, 5.41) is 18.0. The van der Waals surface area contributed by atoms with Crippen LogP contribution >= 0.6 is 0 Å². The first-order chi connectivity index (χ1) is 31.6. The van der Waals surface area contributed by atoms with E-state index in [4.69, 9.17) is 24.4 Å². The summed E-state index contributed by atoms with van der Waals surface area (Å²) < 4.78 is 16.7. The van der Waals surface area contributed by atoms with E-state index in [0.717, 1.165) is 35.5 Å². The van der Waals surface area contributed by atoms with Gasteiger partial charge in [-0.2, -0.15) is 0 Å². The molecule has 0 heterocycles. The van der Waals surface area contributed by atoms with Crippen molar-refractivity contribution < 1.29 is 34.0 Å². The number of aliphatic hydroxyl groups is 1. The second kappa shape index (κ2) is 24.7. The number of hydrogen-bond donors (Lipinski definition) is 2. The molecule has 7 nitrogen and oxygen atoms in total. The van der Waals surface area contributed by atoms with Gasteiger partial charge < -0.3 is 24.4 Å². The molecule has 0 radical (unpaired) electrons. The standard InChI is InChI=1S/C24H30O3.C23H28O3.C11H18O/c1-3-6-21(17-23(25)26-2)20-7-9-22(10-8-20)27-18-19-11-15-24(16-12-19)13-4-5-14-24;1-2-5-20(16-22(24)25)19-6-8-21(9-7-19)26-17-18-10-14-23(15-11-18)12-3-4-13-23;12-9-10-3-7-11(8-4-10)5-1-2-6-11/h7-11,21H,4-5,12-18H2,1-2H3;6-10,20H,3-4,11-17H2,1H3,(H,24,25);3,12H,1-2,4-9H2/t21-;20-;/m00./s1. The van der Waals surface area contributed by atoms with Crippen molar-refractivity contribution >= 4 is 11.9 Å². The van der Waals surface area contributed by atoms with Crippen LogP contribution in [-0.2, 0) is 14.3 Å². The van der Waals surface area contributed by atoms with Gasteiger partial charge in [0.2, 0.25) is 0 Å². The second-order valence-corrected chi connectivity index (χ2v) is 20.0. The molecular formula is C58H76O7. The molecule has 2 atom stereocenters. The van der Waals surface area contributed by atoms with E-state index in [0.29, 0.717) is 29.5 Å². The zero-order valence-electron chi connectivity index (χ0n) is 39.8. The maximum atomic E-state index is 11.6. The van der Waals surface area contributed by atoms with Crippen molar-refractivity contribution in [2.75, 3.05) is 26.9 Å². The van der Waals surface area contributed by atoms with Crippen LogP contribution in [0.3, 0.4) is 0 Å². The summed E-state index contributed by atoms with van der Waals surface area (Å²) in [6, 6.07) is 15.6. The number of benzene rings is 2. The lowest BCUT2D eigenvalue weighted by Gasteiger charge is -2.32. The van der Waals surface area contributed by atoms with Gasteiger partial charge in [0.25, 0.3) is 0 Å². The fraction of sp³-hybridized carbons (Fsp3) is 0.586. The summed E-state index contributed by atoms with van der Waals surface area (Å²) in [6.45, 7) is 5.14. The molecule has 0 amide bonds. The van der Waals surface area contributed by atoms with Gasteiger partial charge >= 0.3 is 11.9 Å². The van der Waals surface area contributed by atoms with Crippen molar-refractivity contribution in [1.29, 1.82) is 0 Å². The highest BCUT2D eigenvalue weighted by atomic mass is 16.5. The Balaban J connectivity index is 0.000000173. The van der Waals surface area contributed by atoms with Crippen LogP contribution in [0.25, 0.3) is 0 Å². The van der Waals surface area contributed by atoms with Crippen molar-refractivity contribution in [3.05, 3.63) is 94.6 Å². The Morgan fingerprint density at radius 3 is 1.25 bits per heavy atom. The van der Waals surface area contributed by atoms with E-state index in [2.05, 4.69) is 41.9 Å². The smallest absolute Gasteiger partial charge is 0.307 e. The summed E-state index contributed by atoms with van der Waals surface area (Å²) >= 11 is 0. The SMILES string of the molecule is CC#C[C@@H](CC(=O)O)c1ccc(OCC2=CCC3(CCCC3)CC2)cc1.CC#C[C@@H](CC(=O)OC)c1ccc(OCC2=CCC3(CCCC3)CC2)cc1.OCC1=CCC2(CCCC2)CC1. The van der Waals surface area contributed by atoms with Gasteiger partial charge in [0, 0.05) is 0 Å². The summed E-state index contributed by atoms with van der Waals surface area (Å²) in [4.78, 5) is 22.6. The summed E-state index contributed by atoms with van der Waals surface area (Å²) in [6.07, 6.45) is 35.5. The lowest BCUT2D eigenvalue weighted by molar-refractivity contribution is -0.141. The molecule has 3 spiro atoms. The van der Waals surface area contributed by atoms with Crippen molar-refractivity contribution in [3.8, 4) is 35.2 Å². The van der Waals surface area contributed by atoms with E-state index in [1.54, 1.807) is 13.8 Å². The van der Waals surface area contributed by atoms with Crippen LogP contribution in [0.1, 0.15) is 184 Å². The van der Waals surface area contributed by atoms with Crippen LogP contribution in [-0.4, -0.2) is 49.1 Å². The number of esters is 1. The quantitative estimate of drug-likeness (QED) is 0.117. The van der Waals surface area contributed by atoms with E-state index >= 15 is 0 Å². The topological polar surface area (TPSA) is 102 Å². The van der Waals surface area contributed by atoms with Gasteiger partial charge in [-0.15, -0.1) is 11.8 Å². The van der Waals surface area contributed by atoms with E-state index in [9.17, 15) is 9.59 Å². The molecule has 350 valence electrons. The van der Waals surface area contributed by atoms with Gasteiger partial charge in [0.15, 0.2) is 0 Å². The average Bonchev–Trinajstić information content (AvgIpc) is 4.12. The van der Waals surface area contributed by atoms with Gasteiger partial charge in [0.1, 0.15) is 24.7 Å². The number of aliphatic hydroxyl groups excluding tert-OH is 1. The Hall–Kier alpha value is -4.72. The highest BCUT2D eigenvalue weighted by molar-refractivity contribution is 5.71. The normalized spacial score (nSPS) is 20.7. The minimum atomic E-state index is -0.831. The van der Waals surface area contributed by atoms with E-state index in [1.165, 1.54) is 146 Å². The summed E-state index contributed by atoms with van der Waals surface area (Å²) in [5.74, 6) is 12.0. The number of rotatable bonds is 13. The minimum absolute atomic E-state index is 0.0235. The zero-order valence-corrected chi connectivity index (χ0v) is 39.8. The zero-order chi connectivity index (χ0) is 46.0. The predicted octanol–water partition coefficient (Wildman–Crippen LogP) is 13.4. The van der Waals surface area contributed by atoms with Gasteiger partial charge in [-0.05, 0) is 179 Å². The van der Waals surface area contributed by atoms with Crippen LogP contribution < -0.4 is 9.47 Å². The number of carbonyl (C=O) groups is 2. The first-order valence-electron chi connectivity index (χ1n) is 24.8. The van der Waals surface area contributed by atoms with Crippen molar-refractivity contribution in [3.63, 3.8) is 0 Å². The minimum Gasteiger partial charge on any atom is -0.489 e. The summed E-state index contributed by atoms with van der Waals surface area (Å²) in [5.41, 5.74) is 7.93. The molecule has 0 bridgehead atoms. The lowest BCUT2D eigenvalue weighted by atomic mass is 9.74. The molecule has 2 aromatic carbocycles. The van der Waals surface area contributed by atoms with Gasteiger partial charge in [0.05, 0.1) is 38.4 Å². The van der Waals surface area contributed by atoms with Crippen LogP contribution in [0.2, 0.25) is 0 Å². The van der Waals surface area contributed by atoms with E-state index in [-0.39, 0.29) is 37.3 Å². The Morgan fingerprint density at radius 1 is 0.569 bits per heavy atom. The number of allylic oxidation sites excluding steroid dienone is 3. The number of methoxy groups -OCH3 is 1. The third-order valence-corrected chi connectivity index (χ3v) is 15.6. The summed E-state index contributed by atoms with van der Waals surface area (Å²) in [7, 11) is 1.41. The monoisotopic (exact) mass is 885 g/mol. The number of ether oxygens (including phenoxy) is 3. The number of aliphatic carboxylic acids is 1. The van der Waals surface area contributed by atoms with E-state index < -0.39 is 5.97 Å². The van der Waals surface area contributed by atoms with Crippen LogP contribution in [0, 0.1) is 39.9 Å². The largest absolute Gasteiger partial charge is 0.489 e. The maximum absolute atomic E-state index is 11.6. The molecule has 8 rings (SSSR count). The van der Waals surface area contributed by atoms with Crippen LogP contribution in [0.5, 0.6) is 11.5 Å².